The molecule has 1 fully saturated rings. The van der Waals surface area contributed by atoms with Gasteiger partial charge in [-0.3, -0.25) is 9.78 Å². The van der Waals surface area contributed by atoms with Crippen LogP contribution in [0.3, 0.4) is 0 Å². The van der Waals surface area contributed by atoms with Gasteiger partial charge in [0.1, 0.15) is 0 Å². The molecule has 1 aliphatic rings. The molecule has 2 aromatic rings. The normalized spacial score (nSPS) is 15.9. The smallest absolute Gasteiger partial charge is 0.247 e. The number of hydrogen-bond acceptors (Lipinski definition) is 4. The van der Waals surface area contributed by atoms with Crippen LogP contribution in [0.5, 0.6) is 0 Å². The summed E-state index contributed by atoms with van der Waals surface area (Å²) < 4.78 is 26.4. The number of halogens is 2. The summed E-state index contributed by atoms with van der Waals surface area (Å²) in [6.45, 7) is 2.84. The molecule has 6 nitrogen and oxygen atoms in total. The molecule has 128 valence electrons. The number of carbonyl (C=O) groups is 1. The number of nitrogens with zero attached hydrogens (tertiary/aromatic N) is 5. The highest BCUT2D eigenvalue weighted by atomic mass is 19.3. The summed E-state index contributed by atoms with van der Waals surface area (Å²) >= 11 is 0. The Balaban J connectivity index is 1.68. The van der Waals surface area contributed by atoms with E-state index in [1.54, 1.807) is 23.3 Å². The molecule has 0 radical (unpaired) electrons. The minimum atomic E-state index is -2.59. The fourth-order valence-corrected chi connectivity index (χ4v) is 2.99. The third-order valence-corrected chi connectivity index (χ3v) is 4.25. The van der Waals surface area contributed by atoms with E-state index in [4.69, 9.17) is 0 Å². The van der Waals surface area contributed by atoms with Crippen molar-refractivity contribution in [3.05, 3.63) is 36.0 Å². The van der Waals surface area contributed by atoms with Gasteiger partial charge >= 0.3 is 0 Å². The van der Waals surface area contributed by atoms with Crippen LogP contribution in [0.1, 0.15) is 36.6 Å². The summed E-state index contributed by atoms with van der Waals surface area (Å²) in [5.41, 5.74) is 1.84. The van der Waals surface area contributed by atoms with Gasteiger partial charge in [0, 0.05) is 30.9 Å². The van der Waals surface area contributed by atoms with Crippen molar-refractivity contribution in [1.29, 1.82) is 0 Å². The number of hydrogen-bond donors (Lipinski definition) is 0. The number of piperidine rings is 1. The van der Waals surface area contributed by atoms with Crippen LogP contribution in [0, 0.1) is 6.92 Å². The summed E-state index contributed by atoms with van der Waals surface area (Å²) in [4.78, 5) is 21.8. The Kier molecular flexibility index (Phi) is 4.82. The Morgan fingerprint density at radius 2 is 2.04 bits per heavy atom. The Hall–Kier alpha value is -2.38. The molecule has 0 unspecified atom stereocenters. The van der Waals surface area contributed by atoms with Crippen molar-refractivity contribution in [3.8, 4) is 5.82 Å². The van der Waals surface area contributed by atoms with E-state index in [1.165, 1.54) is 4.90 Å². The number of alkyl halides is 2. The Bertz CT molecular complexity index is 693. The number of rotatable bonds is 4. The van der Waals surface area contributed by atoms with Gasteiger partial charge in [-0.05, 0) is 25.8 Å². The second-order valence-electron chi connectivity index (χ2n) is 5.93. The highest BCUT2D eigenvalue weighted by molar-refractivity contribution is 5.76. The highest BCUT2D eigenvalue weighted by Crippen LogP contribution is 2.29. The molecule has 24 heavy (non-hydrogen) atoms. The van der Waals surface area contributed by atoms with Crippen molar-refractivity contribution < 1.29 is 13.6 Å². The van der Waals surface area contributed by atoms with E-state index in [0.29, 0.717) is 18.9 Å². The standard InChI is InChI=1S/C16H19F2N5O/c1-11-9-20-15(10-19-11)23-13(2-5-21-23)12-3-6-22(7-4-12)16(24)8-14(17)18/h2,5,9-10,12,14H,3-4,6-8H2,1H3. The van der Waals surface area contributed by atoms with Crippen molar-refractivity contribution in [2.45, 2.75) is 38.5 Å². The number of aryl methyl sites for hydroxylation is 1. The number of aromatic nitrogens is 4. The molecule has 0 bridgehead atoms. The molecule has 0 atom stereocenters. The topological polar surface area (TPSA) is 63.9 Å². The molecule has 0 aliphatic carbocycles. The molecule has 3 heterocycles. The molecular weight excluding hydrogens is 316 g/mol. The Labute approximate surface area is 138 Å². The van der Waals surface area contributed by atoms with Gasteiger partial charge in [-0.25, -0.2) is 18.4 Å². The quantitative estimate of drug-likeness (QED) is 0.860. The van der Waals surface area contributed by atoms with Crippen LogP contribution < -0.4 is 0 Å². The van der Waals surface area contributed by atoms with Crippen molar-refractivity contribution in [2.75, 3.05) is 13.1 Å². The molecule has 1 aliphatic heterocycles. The monoisotopic (exact) mass is 335 g/mol. The zero-order chi connectivity index (χ0) is 17.1. The number of amides is 1. The van der Waals surface area contributed by atoms with Gasteiger partial charge in [0.05, 0.1) is 24.5 Å². The van der Waals surface area contributed by atoms with E-state index < -0.39 is 18.8 Å². The molecule has 8 heteroatoms. The van der Waals surface area contributed by atoms with Crippen molar-refractivity contribution in [1.82, 2.24) is 24.6 Å². The second kappa shape index (κ2) is 7.02. The zero-order valence-corrected chi connectivity index (χ0v) is 13.4. The van der Waals surface area contributed by atoms with Crippen LogP contribution in [0.4, 0.5) is 8.78 Å². The predicted molar refractivity (Wildman–Crippen MR) is 83.1 cm³/mol. The first kappa shape index (κ1) is 16.5. The van der Waals surface area contributed by atoms with E-state index in [2.05, 4.69) is 15.1 Å². The second-order valence-corrected chi connectivity index (χ2v) is 5.93. The summed E-state index contributed by atoms with van der Waals surface area (Å²) in [7, 11) is 0. The van der Waals surface area contributed by atoms with Crippen LogP contribution in [0.15, 0.2) is 24.7 Å². The molecule has 0 N–H and O–H groups in total. The average molecular weight is 335 g/mol. The lowest BCUT2D eigenvalue weighted by atomic mass is 9.93. The maximum absolute atomic E-state index is 12.3. The van der Waals surface area contributed by atoms with Gasteiger partial charge in [-0.2, -0.15) is 5.10 Å². The van der Waals surface area contributed by atoms with E-state index in [9.17, 15) is 13.6 Å². The molecule has 1 saturated heterocycles. The van der Waals surface area contributed by atoms with Crippen molar-refractivity contribution >= 4 is 5.91 Å². The minimum Gasteiger partial charge on any atom is -0.342 e. The maximum atomic E-state index is 12.3. The van der Waals surface area contributed by atoms with Gasteiger partial charge in [-0.1, -0.05) is 0 Å². The summed E-state index contributed by atoms with van der Waals surface area (Å²) in [5.74, 6) is 0.393. The lowest BCUT2D eigenvalue weighted by molar-refractivity contribution is -0.134. The van der Waals surface area contributed by atoms with Crippen molar-refractivity contribution in [2.24, 2.45) is 0 Å². The van der Waals surface area contributed by atoms with E-state index in [-0.39, 0.29) is 5.92 Å². The van der Waals surface area contributed by atoms with E-state index in [0.717, 1.165) is 24.2 Å². The van der Waals surface area contributed by atoms with Crippen LogP contribution in [-0.2, 0) is 4.79 Å². The van der Waals surface area contributed by atoms with E-state index >= 15 is 0 Å². The fraction of sp³-hybridized carbons (Fsp3) is 0.500. The van der Waals surface area contributed by atoms with Gasteiger partial charge in [0.2, 0.25) is 12.3 Å². The molecule has 0 saturated carbocycles. The van der Waals surface area contributed by atoms with E-state index in [1.807, 2.05) is 13.0 Å². The summed E-state index contributed by atoms with van der Waals surface area (Å²) in [5, 5.41) is 4.32. The highest BCUT2D eigenvalue weighted by Gasteiger charge is 2.27. The van der Waals surface area contributed by atoms with Crippen LogP contribution in [0.2, 0.25) is 0 Å². The fourth-order valence-electron chi connectivity index (χ4n) is 2.99. The van der Waals surface area contributed by atoms with Gasteiger partial charge < -0.3 is 4.90 Å². The Morgan fingerprint density at radius 1 is 1.29 bits per heavy atom. The third kappa shape index (κ3) is 3.58. The largest absolute Gasteiger partial charge is 0.342 e. The molecule has 0 spiro atoms. The molecular formula is C16H19F2N5O. The Morgan fingerprint density at radius 3 is 2.67 bits per heavy atom. The summed E-state index contributed by atoms with van der Waals surface area (Å²) in [6.07, 6.45) is 3.24. The first-order chi connectivity index (χ1) is 11.5. The van der Waals surface area contributed by atoms with Gasteiger partial charge in [-0.15, -0.1) is 0 Å². The lowest BCUT2D eigenvalue weighted by Crippen LogP contribution is -2.38. The molecule has 3 rings (SSSR count). The number of carbonyl (C=O) groups excluding carboxylic acids is 1. The van der Waals surface area contributed by atoms with Crippen molar-refractivity contribution in [3.63, 3.8) is 0 Å². The molecule has 2 aromatic heterocycles. The van der Waals surface area contributed by atoms with Gasteiger partial charge in [0.15, 0.2) is 5.82 Å². The first-order valence-electron chi connectivity index (χ1n) is 7.93. The first-order valence-corrected chi connectivity index (χ1v) is 7.93. The lowest BCUT2D eigenvalue weighted by Gasteiger charge is -2.32. The zero-order valence-electron chi connectivity index (χ0n) is 13.4. The number of likely N-dealkylation sites (tertiary alicyclic amines) is 1. The van der Waals surface area contributed by atoms with Crippen LogP contribution >= 0.6 is 0 Å². The molecule has 1 amide bonds. The minimum absolute atomic E-state index is 0.214. The SMILES string of the molecule is Cc1cnc(-n2nccc2C2CCN(C(=O)CC(F)F)CC2)cn1. The third-order valence-electron chi connectivity index (χ3n) is 4.25. The van der Waals surface area contributed by atoms with Gasteiger partial charge in [0.25, 0.3) is 0 Å². The summed E-state index contributed by atoms with van der Waals surface area (Å²) in [6, 6.07) is 1.93. The van der Waals surface area contributed by atoms with Crippen LogP contribution in [0.25, 0.3) is 5.82 Å². The van der Waals surface area contributed by atoms with Crippen LogP contribution in [-0.4, -0.2) is 50.1 Å². The predicted octanol–water partition coefficient (Wildman–Crippen LogP) is 2.33. The molecule has 0 aromatic carbocycles. The maximum Gasteiger partial charge on any atom is 0.247 e. The average Bonchev–Trinajstić information content (AvgIpc) is 3.04.